The Morgan fingerprint density at radius 1 is 1.03 bits per heavy atom. The highest BCUT2D eigenvalue weighted by Gasteiger charge is 2.19. The van der Waals surface area contributed by atoms with Gasteiger partial charge < -0.3 is 9.47 Å². The summed E-state index contributed by atoms with van der Waals surface area (Å²) in [7, 11) is -2.58. The minimum Gasteiger partial charge on any atom is -0.495 e. The van der Waals surface area contributed by atoms with Crippen LogP contribution in [-0.4, -0.2) is 21.7 Å². The fourth-order valence-electron chi connectivity index (χ4n) is 2.64. The van der Waals surface area contributed by atoms with Crippen molar-refractivity contribution in [1.82, 2.24) is 4.83 Å². The Kier molecular flexibility index (Phi) is 6.97. The van der Waals surface area contributed by atoms with E-state index in [1.165, 1.54) is 31.0 Å². The summed E-state index contributed by atoms with van der Waals surface area (Å²) < 4.78 is 36.1. The Hall–Kier alpha value is -3.03. The van der Waals surface area contributed by atoms with Gasteiger partial charge in [0.15, 0.2) is 0 Å². The molecule has 0 radical (unpaired) electrons. The first-order valence-corrected chi connectivity index (χ1v) is 10.9. The molecule has 1 N–H and O–H groups in total. The van der Waals surface area contributed by atoms with Gasteiger partial charge >= 0.3 is 0 Å². The van der Waals surface area contributed by atoms with E-state index in [-0.39, 0.29) is 15.7 Å². The second kappa shape index (κ2) is 9.65. The number of nitrogens with one attached hydrogen (secondary N) is 1. The lowest BCUT2D eigenvalue weighted by Crippen LogP contribution is -2.19. The summed E-state index contributed by atoms with van der Waals surface area (Å²) in [6.07, 6.45) is 1.39. The summed E-state index contributed by atoms with van der Waals surface area (Å²) in [5.74, 6) is 0.755. The second-order valence-corrected chi connectivity index (χ2v) is 8.53. The minimum absolute atomic E-state index is 0.0986. The number of sulfonamides is 1. The van der Waals surface area contributed by atoms with Gasteiger partial charge in [0.2, 0.25) is 0 Å². The van der Waals surface area contributed by atoms with Crippen LogP contribution in [0.15, 0.2) is 76.7 Å². The summed E-state index contributed by atoms with van der Waals surface area (Å²) in [5, 5.41) is 4.15. The van der Waals surface area contributed by atoms with E-state index in [1.807, 2.05) is 43.3 Å². The number of hydrogen-bond donors (Lipinski definition) is 1. The lowest BCUT2D eigenvalue weighted by atomic mass is 10.1. The SMILES string of the molecule is COc1ccc(Cl)cc1S(=O)(=O)N/N=C/c1ccccc1OCc1ccc(C)cc1. The highest BCUT2D eigenvalue weighted by atomic mass is 35.5. The van der Waals surface area contributed by atoms with E-state index >= 15 is 0 Å². The predicted molar refractivity (Wildman–Crippen MR) is 118 cm³/mol. The first-order valence-electron chi connectivity index (χ1n) is 9.05. The van der Waals surface area contributed by atoms with Crippen LogP contribution >= 0.6 is 11.6 Å². The van der Waals surface area contributed by atoms with Crippen LogP contribution in [-0.2, 0) is 16.6 Å². The molecule has 0 heterocycles. The first kappa shape index (κ1) is 21.7. The zero-order chi connectivity index (χ0) is 21.6. The van der Waals surface area contributed by atoms with Crippen LogP contribution in [0, 0.1) is 6.92 Å². The Balaban J connectivity index is 1.73. The van der Waals surface area contributed by atoms with Crippen LogP contribution < -0.4 is 14.3 Å². The van der Waals surface area contributed by atoms with Crippen molar-refractivity contribution in [1.29, 1.82) is 0 Å². The van der Waals surface area contributed by atoms with E-state index in [1.54, 1.807) is 18.2 Å². The maximum atomic E-state index is 12.6. The van der Waals surface area contributed by atoms with E-state index in [4.69, 9.17) is 21.1 Å². The molecule has 0 aliphatic rings. The molecule has 0 amide bonds. The Morgan fingerprint density at radius 3 is 2.50 bits per heavy atom. The predicted octanol–water partition coefficient (Wildman–Crippen LogP) is 4.55. The zero-order valence-electron chi connectivity index (χ0n) is 16.5. The molecule has 0 saturated heterocycles. The summed E-state index contributed by atoms with van der Waals surface area (Å²) >= 11 is 5.92. The number of methoxy groups -OCH3 is 1. The molecule has 0 unspecified atom stereocenters. The van der Waals surface area contributed by atoms with Crippen LogP contribution in [0.5, 0.6) is 11.5 Å². The topological polar surface area (TPSA) is 77.0 Å². The van der Waals surface area contributed by atoms with Gasteiger partial charge in [-0.15, -0.1) is 0 Å². The van der Waals surface area contributed by atoms with Crippen molar-refractivity contribution in [2.24, 2.45) is 5.10 Å². The standard InChI is InChI=1S/C22H21ClN2O4S/c1-16-7-9-17(10-8-16)15-29-20-6-4-3-5-18(20)14-24-25-30(26,27)22-13-19(23)11-12-21(22)28-2/h3-14,25H,15H2,1-2H3/b24-14+. The molecule has 0 spiro atoms. The number of ether oxygens (including phenoxy) is 2. The van der Waals surface area contributed by atoms with Crippen LogP contribution in [0.2, 0.25) is 5.02 Å². The highest BCUT2D eigenvalue weighted by molar-refractivity contribution is 7.89. The Labute approximate surface area is 181 Å². The van der Waals surface area contributed by atoms with Gasteiger partial charge in [-0.3, -0.25) is 0 Å². The third-order valence-electron chi connectivity index (χ3n) is 4.23. The number of halogens is 1. The average Bonchev–Trinajstić information content (AvgIpc) is 2.74. The molecule has 30 heavy (non-hydrogen) atoms. The molecule has 0 aliphatic heterocycles. The molecular weight excluding hydrogens is 424 g/mol. The van der Waals surface area contributed by atoms with E-state index in [0.29, 0.717) is 17.9 Å². The van der Waals surface area contributed by atoms with Crippen LogP contribution in [0.3, 0.4) is 0 Å². The molecule has 3 aromatic rings. The molecule has 156 valence electrons. The smallest absolute Gasteiger partial charge is 0.280 e. The molecule has 0 fully saturated rings. The van der Waals surface area contributed by atoms with Crippen molar-refractivity contribution < 1.29 is 17.9 Å². The molecule has 0 aromatic heterocycles. The lowest BCUT2D eigenvalue weighted by molar-refractivity contribution is 0.306. The molecule has 6 nitrogen and oxygen atoms in total. The number of benzene rings is 3. The molecule has 8 heteroatoms. The maximum Gasteiger partial charge on any atom is 0.280 e. The number of para-hydroxylation sites is 1. The van der Waals surface area contributed by atoms with Crippen LogP contribution in [0.4, 0.5) is 0 Å². The van der Waals surface area contributed by atoms with Gasteiger partial charge in [-0.05, 0) is 42.8 Å². The van der Waals surface area contributed by atoms with Crippen molar-refractivity contribution in [2.75, 3.05) is 7.11 Å². The second-order valence-electron chi connectivity index (χ2n) is 6.46. The number of nitrogens with zero attached hydrogens (tertiary/aromatic N) is 1. The van der Waals surface area contributed by atoms with Crippen molar-refractivity contribution in [2.45, 2.75) is 18.4 Å². The molecule has 0 bridgehead atoms. The van der Waals surface area contributed by atoms with E-state index in [0.717, 1.165) is 5.56 Å². The van der Waals surface area contributed by atoms with E-state index in [2.05, 4.69) is 9.93 Å². The molecule has 0 atom stereocenters. The monoisotopic (exact) mass is 444 g/mol. The molecule has 0 saturated carbocycles. The molecule has 3 aromatic carbocycles. The molecule has 0 aliphatic carbocycles. The van der Waals surface area contributed by atoms with Crippen LogP contribution in [0.1, 0.15) is 16.7 Å². The third-order valence-corrected chi connectivity index (χ3v) is 5.70. The van der Waals surface area contributed by atoms with E-state index in [9.17, 15) is 8.42 Å². The van der Waals surface area contributed by atoms with Crippen molar-refractivity contribution in [3.8, 4) is 11.5 Å². The first-order chi connectivity index (χ1) is 14.4. The fourth-order valence-corrected chi connectivity index (χ4v) is 3.86. The minimum atomic E-state index is -3.97. The summed E-state index contributed by atoms with van der Waals surface area (Å²) in [4.78, 5) is 2.08. The van der Waals surface area contributed by atoms with E-state index < -0.39 is 10.0 Å². The van der Waals surface area contributed by atoms with Gasteiger partial charge in [0, 0.05) is 10.6 Å². The van der Waals surface area contributed by atoms with Gasteiger partial charge in [0.25, 0.3) is 10.0 Å². The van der Waals surface area contributed by atoms with Gasteiger partial charge in [-0.1, -0.05) is 53.6 Å². The number of rotatable bonds is 8. The normalized spacial score (nSPS) is 11.4. The Bertz CT molecular complexity index is 1150. The molecule has 3 rings (SSSR count). The number of hydrogen-bond acceptors (Lipinski definition) is 5. The van der Waals surface area contributed by atoms with Gasteiger partial charge in [-0.2, -0.15) is 18.4 Å². The van der Waals surface area contributed by atoms with Crippen molar-refractivity contribution in [3.63, 3.8) is 0 Å². The largest absolute Gasteiger partial charge is 0.495 e. The average molecular weight is 445 g/mol. The summed E-state index contributed by atoms with van der Waals surface area (Å²) in [6.45, 7) is 2.41. The summed E-state index contributed by atoms with van der Waals surface area (Å²) in [5.41, 5.74) is 2.83. The summed E-state index contributed by atoms with van der Waals surface area (Å²) in [6, 6.07) is 19.6. The van der Waals surface area contributed by atoms with Crippen molar-refractivity contribution >= 4 is 27.8 Å². The number of hydrazone groups is 1. The lowest BCUT2D eigenvalue weighted by Gasteiger charge is -2.10. The fraction of sp³-hybridized carbons (Fsp3) is 0.136. The molecular formula is C22H21ClN2O4S. The van der Waals surface area contributed by atoms with Gasteiger partial charge in [-0.25, -0.2) is 0 Å². The van der Waals surface area contributed by atoms with Gasteiger partial charge in [0.1, 0.15) is 23.0 Å². The number of aryl methyl sites for hydroxylation is 1. The van der Waals surface area contributed by atoms with Crippen molar-refractivity contribution in [3.05, 3.63) is 88.4 Å². The highest BCUT2D eigenvalue weighted by Crippen LogP contribution is 2.27. The Morgan fingerprint density at radius 2 is 1.77 bits per heavy atom. The zero-order valence-corrected chi connectivity index (χ0v) is 18.1. The third kappa shape index (κ3) is 5.52. The maximum absolute atomic E-state index is 12.6. The van der Waals surface area contributed by atoms with Gasteiger partial charge in [0.05, 0.1) is 13.3 Å². The van der Waals surface area contributed by atoms with Crippen LogP contribution in [0.25, 0.3) is 0 Å². The quantitative estimate of drug-likeness (QED) is 0.408.